The summed E-state index contributed by atoms with van der Waals surface area (Å²) in [7, 11) is 0. The number of nitrogens with zero attached hydrogens (tertiary/aromatic N) is 1. The van der Waals surface area contributed by atoms with E-state index in [-0.39, 0.29) is 19.1 Å². The van der Waals surface area contributed by atoms with Crippen molar-refractivity contribution in [2.24, 2.45) is 0 Å². The predicted octanol–water partition coefficient (Wildman–Crippen LogP) is 3.62. The fraction of sp³-hybridized carbons (Fsp3) is 0.304. The van der Waals surface area contributed by atoms with Gasteiger partial charge in [0, 0.05) is 19.5 Å². The summed E-state index contributed by atoms with van der Waals surface area (Å²) >= 11 is 0. The second-order valence-corrected chi connectivity index (χ2v) is 6.58. The van der Waals surface area contributed by atoms with Gasteiger partial charge < -0.3 is 14.4 Å². The van der Waals surface area contributed by atoms with Crippen LogP contribution in [0.2, 0.25) is 0 Å². The molecule has 0 saturated carbocycles. The molecular formula is C23H27NO4. The highest BCUT2D eigenvalue weighted by molar-refractivity contribution is 5.81. The molecule has 2 aromatic carbocycles. The van der Waals surface area contributed by atoms with Crippen LogP contribution in [0.1, 0.15) is 25.0 Å². The lowest BCUT2D eigenvalue weighted by atomic mass is 10.0. The van der Waals surface area contributed by atoms with Crippen molar-refractivity contribution >= 4 is 11.9 Å². The van der Waals surface area contributed by atoms with Gasteiger partial charge in [0.2, 0.25) is 0 Å². The molecule has 1 amide bonds. The van der Waals surface area contributed by atoms with E-state index in [0.717, 1.165) is 16.7 Å². The SMILES string of the molecule is C=C(C)CN(CC)C(=O)COC(=O)COc1ccccc1Cc1ccccc1. The molecule has 0 fully saturated rings. The van der Waals surface area contributed by atoms with Crippen LogP contribution in [0, 0.1) is 0 Å². The van der Waals surface area contributed by atoms with Crippen LogP contribution in [0.4, 0.5) is 0 Å². The molecule has 28 heavy (non-hydrogen) atoms. The van der Waals surface area contributed by atoms with Crippen LogP contribution >= 0.6 is 0 Å². The zero-order chi connectivity index (χ0) is 20.4. The first-order chi connectivity index (χ1) is 13.5. The molecule has 2 aromatic rings. The Labute approximate surface area is 166 Å². The summed E-state index contributed by atoms with van der Waals surface area (Å²) in [6, 6.07) is 17.6. The third kappa shape index (κ3) is 6.91. The summed E-state index contributed by atoms with van der Waals surface area (Å²) < 4.78 is 10.7. The summed E-state index contributed by atoms with van der Waals surface area (Å²) in [5.41, 5.74) is 3.01. The van der Waals surface area contributed by atoms with Gasteiger partial charge in [0.15, 0.2) is 13.2 Å². The molecule has 148 valence electrons. The highest BCUT2D eigenvalue weighted by Gasteiger charge is 2.15. The van der Waals surface area contributed by atoms with Gasteiger partial charge >= 0.3 is 5.97 Å². The number of carbonyl (C=O) groups is 2. The molecule has 0 unspecified atom stereocenters. The molecule has 0 aliphatic heterocycles. The number of hydrogen-bond acceptors (Lipinski definition) is 4. The van der Waals surface area contributed by atoms with Crippen LogP contribution in [0.3, 0.4) is 0 Å². The Bertz CT molecular complexity index is 801. The van der Waals surface area contributed by atoms with Gasteiger partial charge in [0.25, 0.3) is 5.91 Å². The molecule has 0 heterocycles. The van der Waals surface area contributed by atoms with Crippen molar-refractivity contribution < 1.29 is 19.1 Å². The van der Waals surface area contributed by atoms with Crippen molar-refractivity contribution in [2.75, 3.05) is 26.3 Å². The van der Waals surface area contributed by atoms with E-state index in [1.807, 2.05) is 68.4 Å². The maximum atomic E-state index is 12.1. The number of benzene rings is 2. The largest absolute Gasteiger partial charge is 0.482 e. The fourth-order valence-corrected chi connectivity index (χ4v) is 2.72. The third-order valence-electron chi connectivity index (χ3n) is 4.11. The summed E-state index contributed by atoms with van der Waals surface area (Å²) in [5.74, 6) is -0.190. The molecule has 0 atom stereocenters. The van der Waals surface area contributed by atoms with Crippen LogP contribution in [0.5, 0.6) is 5.75 Å². The average Bonchev–Trinajstić information content (AvgIpc) is 2.70. The zero-order valence-electron chi connectivity index (χ0n) is 16.5. The highest BCUT2D eigenvalue weighted by Crippen LogP contribution is 2.21. The van der Waals surface area contributed by atoms with E-state index >= 15 is 0 Å². The minimum absolute atomic E-state index is 0.244. The van der Waals surface area contributed by atoms with E-state index in [1.165, 1.54) is 0 Å². The number of likely N-dealkylation sites (N-methyl/N-ethyl adjacent to an activating group) is 1. The summed E-state index contributed by atoms with van der Waals surface area (Å²) in [4.78, 5) is 25.7. The second kappa shape index (κ2) is 10.9. The summed E-state index contributed by atoms with van der Waals surface area (Å²) in [5, 5.41) is 0. The average molecular weight is 381 g/mol. The predicted molar refractivity (Wildman–Crippen MR) is 109 cm³/mol. The van der Waals surface area contributed by atoms with Gasteiger partial charge in [-0.3, -0.25) is 4.79 Å². The first-order valence-corrected chi connectivity index (χ1v) is 9.32. The van der Waals surface area contributed by atoms with E-state index in [9.17, 15) is 9.59 Å². The Morgan fingerprint density at radius 2 is 1.68 bits per heavy atom. The van der Waals surface area contributed by atoms with Gasteiger partial charge in [-0.1, -0.05) is 60.7 Å². The number of ether oxygens (including phenoxy) is 2. The number of hydrogen-bond donors (Lipinski definition) is 0. The zero-order valence-corrected chi connectivity index (χ0v) is 16.5. The molecule has 2 rings (SSSR count). The maximum Gasteiger partial charge on any atom is 0.344 e. The first-order valence-electron chi connectivity index (χ1n) is 9.32. The van der Waals surface area contributed by atoms with Crippen molar-refractivity contribution in [3.63, 3.8) is 0 Å². The Kier molecular flexibility index (Phi) is 8.28. The quantitative estimate of drug-likeness (QED) is 0.466. The fourth-order valence-electron chi connectivity index (χ4n) is 2.72. The van der Waals surface area contributed by atoms with Crippen molar-refractivity contribution in [3.05, 3.63) is 77.9 Å². The molecule has 0 N–H and O–H groups in total. The molecule has 0 spiro atoms. The van der Waals surface area contributed by atoms with Gasteiger partial charge in [-0.05, 0) is 31.0 Å². The van der Waals surface area contributed by atoms with Crippen molar-refractivity contribution in [1.82, 2.24) is 4.90 Å². The molecule has 5 heteroatoms. The Balaban J connectivity index is 1.86. The number of amides is 1. The maximum absolute atomic E-state index is 12.1. The summed E-state index contributed by atoms with van der Waals surface area (Å²) in [6.07, 6.45) is 0.705. The lowest BCUT2D eigenvalue weighted by molar-refractivity contribution is -0.153. The van der Waals surface area contributed by atoms with Gasteiger partial charge in [-0.25, -0.2) is 4.79 Å². The monoisotopic (exact) mass is 381 g/mol. The Morgan fingerprint density at radius 3 is 2.36 bits per heavy atom. The molecule has 0 aliphatic rings. The van der Waals surface area contributed by atoms with Crippen LogP contribution in [-0.2, 0) is 20.7 Å². The van der Waals surface area contributed by atoms with Crippen LogP contribution in [0.25, 0.3) is 0 Å². The van der Waals surface area contributed by atoms with E-state index in [2.05, 4.69) is 6.58 Å². The standard InChI is InChI=1S/C23H27NO4/c1-4-24(15-18(2)3)22(25)16-28-23(26)17-27-21-13-9-8-12-20(21)14-19-10-6-5-7-11-19/h5-13H,2,4,14-17H2,1,3H3. The number of carbonyl (C=O) groups excluding carboxylic acids is 2. The normalized spacial score (nSPS) is 10.2. The van der Waals surface area contributed by atoms with E-state index in [4.69, 9.17) is 9.47 Å². The lowest BCUT2D eigenvalue weighted by Crippen LogP contribution is -2.36. The topological polar surface area (TPSA) is 55.8 Å². The van der Waals surface area contributed by atoms with Crippen LogP contribution in [-0.4, -0.2) is 43.1 Å². The molecule has 0 saturated heterocycles. The van der Waals surface area contributed by atoms with Crippen LogP contribution < -0.4 is 4.74 Å². The van der Waals surface area contributed by atoms with Crippen molar-refractivity contribution in [2.45, 2.75) is 20.3 Å². The smallest absolute Gasteiger partial charge is 0.344 e. The molecule has 0 aliphatic carbocycles. The molecule has 0 radical (unpaired) electrons. The summed E-state index contributed by atoms with van der Waals surface area (Å²) in [6.45, 7) is 7.97. The Hall–Kier alpha value is -3.08. The van der Waals surface area contributed by atoms with E-state index in [1.54, 1.807) is 4.90 Å². The van der Waals surface area contributed by atoms with Gasteiger partial charge in [0.1, 0.15) is 5.75 Å². The minimum atomic E-state index is -0.575. The molecule has 5 nitrogen and oxygen atoms in total. The molecular weight excluding hydrogens is 354 g/mol. The second-order valence-electron chi connectivity index (χ2n) is 6.58. The molecule has 0 aromatic heterocycles. The van der Waals surface area contributed by atoms with Crippen LogP contribution in [0.15, 0.2) is 66.7 Å². The van der Waals surface area contributed by atoms with Crippen molar-refractivity contribution in [3.8, 4) is 5.75 Å². The lowest BCUT2D eigenvalue weighted by Gasteiger charge is -2.20. The Morgan fingerprint density at radius 1 is 1.00 bits per heavy atom. The van der Waals surface area contributed by atoms with Gasteiger partial charge in [0.05, 0.1) is 0 Å². The van der Waals surface area contributed by atoms with Crippen molar-refractivity contribution in [1.29, 1.82) is 0 Å². The van der Waals surface area contributed by atoms with E-state index in [0.29, 0.717) is 25.3 Å². The first kappa shape index (κ1) is 21.2. The highest BCUT2D eigenvalue weighted by atomic mass is 16.6. The number of esters is 1. The van der Waals surface area contributed by atoms with Gasteiger partial charge in [-0.15, -0.1) is 0 Å². The third-order valence-corrected chi connectivity index (χ3v) is 4.11. The van der Waals surface area contributed by atoms with Gasteiger partial charge in [-0.2, -0.15) is 0 Å². The number of para-hydroxylation sites is 1. The molecule has 0 bridgehead atoms. The van der Waals surface area contributed by atoms with E-state index < -0.39 is 5.97 Å². The minimum Gasteiger partial charge on any atom is -0.482 e. The number of rotatable bonds is 10.